The first kappa shape index (κ1) is 64.5. The molecule has 0 aliphatic carbocycles. The van der Waals surface area contributed by atoms with Crippen LogP contribution in [0.1, 0.15) is 121 Å². The molecule has 4 unspecified atom stereocenters. The molecule has 77 heavy (non-hydrogen) atoms. The number of rotatable bonds is 30. The lowest BCUT2D eigenvalue weighted by Crippen LogP contribution is -2.23. The van der Waals surface area contributed by atoms with Gasteiger partial charge in [-0.25, -0.2) is 33.7 Å². The second-order valence-electron chi connectivity index (χ2n) is 20.7. The second-order valence-corrected chi connectivity index (χ2v) is 30.5. The van der Waals surface area contributed by atoms with E-state index >= 15 is 0 Å². The SMILES string of the molecule is CC(C)=CCC/C(C)=C\C(C/C(C)=C/C(C/C(C)=C/CSC/C=C(\C)CC(/C=C(\C)CC(/C=C(\C)CCC=C(C)C)S(=O)(=O)c1ccccc1)S(=O)(=O)c1ccccc1)S(=O)(=O)c1ccccc1)S(=O)(=O)c1ccccc1. The summed E-state index contributed by atoms with van der Waals surface area (Å²) in [4.78, 5) is 0.806. The van der Waals surface area contributed by atoms with E-state index in [-0.39, 0.29) is 45.3 Å². The normalized spacial score (nSPS) is 15.4. The van der Waals surface area contributed by atoms with Gasteiger partial charge in [-0.15, -0.1) is 0 Å². The maximum atomic E-state index is 14.4. The minimum Gasteiger partial charge on any atom is -0.223 e. The van der Waals surface area contributed by atoms with Crippen molar-refractivity contribution in [1.82, 2.24) is 0 Å². The van der Waals surface area contributed by atoms with E-state index in [0.29, 0.717) is 35.5 Å². The van der Waals surface area contributed by atoms with Crippen molar-refractivity contribution in [2.75, 3.05) is 11.5 Å². The lowest BCUT2D eigenvalue weighted by molar-refractivity contribution is 0.583. The van der Waals surface area contributed by atoms with Crippen LogP contribution in [-0.2, 0) is 39.3 Å². The molecule has 13 heteroatoms. The largest absolute Gasteiger partial charge is 0.223 e. The van der Waals surface area contributed by atoms with Gasteiger partial charge in [0.25, 0.3) is 0 Å². The quantitative estimate of drug-likeness (QED) is 0.0369. The van der Waals surface area contributed by atoms with E-state index in [1.165, 1.54) is 11.1 Å². The van der Waals surface area contributed by atoms with E-state index in [2.05, 4.69) is 12.2 Å². The molecule has 0 amide bonds. The van der Waals surface area contributed by atoms with Crippen LogP contribution in [0, 0.1) is 0 Å². The average molecular weight is 1140 g/mol. The van der Waals surface area contributed by atoms with E-state index < -0.39 is 60.3 Å². The zero-order valence-electron chi connectivity index (χ0n) is 46.9. The molecular weight excluding hydrogens is 1060 g/mol. The fourth-order valence-electron chi connectivity index (χ4n) is 8.83. The first-order valence-electron chi connectivity index (χ1n) is 26.3. The van der Waals surface area contributed by atoms with Crippen LogP contribution in [0.5, 0.6) is 0 Å². The topological polar surface area (TPSA) is 137 Å². The van der Waals surface area contributed by atoms with E-state index in [4.69, 9.17) is 0 Å². The van der Waals surface area contributed by atoms with Crippen LogP contribution in [0.15, 0.2) is 234 Å². The van der Waals surface area contributed by atoms with Crippen molar-refractivity contribution < 1.29 is 33.7 Å². The monoisotopic (exact) mass is 1140 g/mol. The number of allylic oxidation sites excluding steroid dienone is 10. The minimum absolute atomic E-state index is 0.121. The Bertz CT molecular complexity index is 3030. The zero-order chi connectivity index (χ0) is 56.8. The highest BCUT2D eigenvalue weighted by molar-refractivity contribution is 7.99. The van der Waals surface area contributed by atoms with Crippen LogP contribution in [0.2, 0.25) is 0 Å². The minimum atomic E-state index is -3.89. The van der Waals surface area contributed by atoms with Crippen LogP contribution in [0.25, 0.3) is 0 Å². The molecule has 0 bridgehead atoms. The molecule has 0 N–H and O–H groups in total. The van der Waals surface area contributed by atoms with Gasteiger partial charge in [-0.05, 0) is 169 Å². The Kier molecular flexibility index (Phi) is 25.9. The molecule has 0 aromatic heterocycles. The maximum Gasteiger partial charge on any atom is 0.185 e. The molecule has 0 saturated carbocycles. The lowest BCUT2D eigenvalue weighted by atomic mass is 10.0. The summed E-state index contributed by atoms with van der Waals surface area (Å²) in [5.74, 6) is 1.13. The van der Waals surface area contributed by atoms with Gasteiger partial charge in [0.1, 0.15) is 0 Å². The average Bonchev–Trinajstić information content (AvgIpc) is 3.39. The Balaban J connectivity index is 1.58. The fraction of sp³-hybridized carbons (Fsp3) is 0.375. The summed E-state index contributed by atoms with van der Waals surface area (Å²) in [5.41, 5.74) is 7.30. The Morgan fingerprint density at radius 1 is 0.338 bits per heavy atom. The van der Waals surface area contributed by atoms with E-state index in [1.54, 1.807) is 145 Å². The lowest BCUT2D eigenvalue weighted by Gasteiger charge is -2.19. The Hall–Kier alpha value is -5.05. The summed E-state index contributed by atoms with van der Waals surface area (Å²) < 4.78 is 114. The van der Waals surface area contributed by atoms with Gasteiger partial charge in [0.2, 0.25) is 0 Å². The number of hydrogen-bond donors (Lipinski definition) is 0. The summed E-state index contributed by atoms with van der Waals surface area (Å²) in [6.07, 6.45) is 19.0. The first-order valence-corrected chi connectivity index (χ1v) is 33.7. The molecule has 0 spiro atoms. The van der Waals surface area contributed by atoms with Crippen molar-refractivity contribution in [3.8, 4) is 0 Å². The summed E-state index contributed by atoms with van der Waals surface area (Å²) in [6.45, 7) is 19.5. The summed E-state index contributed by atoms with van der Waals surface area (Å²) in [6, 6.07) is 33.4. The fourth-order valence-corrected chi connectivity index (χ4v) is 16.9. The number of hydrogen-bond acceptors (Lipinski definition) is 9. The van der Waals surface area contributed by atoms with Gasteiger partial charge in [-0.1, -0.05) is 166 Å². The first-order chi connectivity index (χ1) is 36.3. The smallest absolute Gasteiger partial charge is 0.185 e. The number of sulfone groups is 4. The van der Waals surface area contributed by atoms with Crippen molar-refractivity contribution in [1.29, 1.82) is 0 Å². The van der Waals surface area contributed by atoms with Gasteiger partial charge in [0.15, 0.2) is 39.3 Å². The summed E-state index contributed by atoms with van der Waals surface area (Å²) in [5, 5.41) is -3.72. The molecule has 0 radical (unpaired) electrons. The van der Waals surface area contributed by atoms with Crippen molar-refractivity contribution in [3.63, 3.8) is 0 Å². The third-order valence-corrected chi connectivity index (χ3v) is 22.1. The Morgan fingerprint density at radius 3 is 0.818 bits per heavy atom. The van der Waals surface area contributed by atoms with Crippen molar-refractivity contribution in [3.05, 3.63) is 215 Å². The highest BCUT2D eigenvalue weighted by Gasteiger charge is 2.31. The molecule has 4 rings (SSSR count). The van der Waals surface area contributed by atoms with Gasteiger partial charge < -0.3 is 0 Å². The van der Waals surface area contributed by atoms with Crippen molar-refractivity contribution in [2.45, 2.75) is 161 Å². The van der Waals surface area contributed by atoms with Crippen molar-refractivity contribution in [2.24, 2.45) is 0 Å². The Labute approximate surface area is 468 Å². The van der Waals surface area contributed by atoms with Gasteiger partial charge >= 0.3 is 0 Å². The van der Waals surface area contributed by atoms with Gasteiger partial charge in [-0.2, -0.15) is 11.8 Å². The molecular formula is C64H82O8S5. The predicted octanol–water partition coefficient (Wildman–Crippen LogP) is 15.8. The second kappa shape index (κ2) is 30.9. The number of benzene rings is 4. The molecule has 0 fully saturated rings. The molecule has 0 aliphatic rings. The molecule has 416 valence electrons. The number of thioether (sulfide) groups is 1. The van der Waals surface area contributed by atoms with E-state index in [0.717, 1.165) is 35.1 Å². The molecule has 0 heterocycles. The van der Waals surface area contributed by atoms with E-state index in [1.807, 2.05) is 93.5 Å². The third kappa shape index (κ3) is 20.9. The molecule has 4 atom stereocenters. The highest BCUT2D eigenvalue weighted by atomic mass is 32.2. The van der Waals surface area contributed by atoms with Gasteiger partial charge in [0, 0.05) is 11.5 Å². The third-order valence-electron chi connectivity index (χ3n) is 13.1. The molecule has 0 aliphatic heterocycles. The van der Waals surface area contributed by atoms with Crippen molar-refractivity contribution >= 4 is 51.1 Å². The van der Waals surface area contributed by atoms with Crippen LogP contribution < -0.4 is 0 Å². The Morgan fingerprint density at radius 2 is 0.571 bits per heavy atom. The standard InChI is InChI=1S/C64H82O8S5/c1-49(2)25-23-27-51(5)41-61(74(65,66)57-29-15-11-16-30-57)45-55(9)47-63(76(69,70)59-33-19-13-20-34-59)43-53(7)37-39-73-40-38-54(8)44-64(77(71,72)60-35-21-14-22-36-60)48-56(10)46-62(42-52(6)28-24-26-50(3)4)75(67,68)58-31-17-12-18-32-58/h11-22,25-26,29-38,41-42,47-48,61-64H,23-24,27-28,39-40,43-46H2,1-10H3/b51-41-,52-42+,53-37+,54-38+,55-47+,56-48+. The van der Waals surface area contributed by atoms with Crippen LogP contribution in [0.3, 0.4) is 0 Å². The zero-order valence-corrected chi connectivity index (χ0v) is 50.9. The molecule has 8 nitrogen and oxygen atoms in total. The van der Waals surface area contributed by atoms with Gasteiger partial charge in [0.05, 0.1) is 40.6 Å². The van der Waals surface area contributed by atoms with Crippen LogP contribution in [0.4, 0.5) is 0 Å². The van der Waals surface area contributed by atoms with Crippen LogP contribution in [-0.4, -0.2) is 66.2 Å². The maximum absolute atomic E-state index is 14.4. The summed E-state index contributed by atoms with van der Waals surface area (Å²) >= 11 is 1.61. The van der Waals surface area contributed by atoms with Crippen LogP contribution >= 0.6 is 11.8 Å². The van der Waals surface area contributed by atoms with Gasteiger partial charge in [-0.3, -0.25) is 0 Å². The highest BCUT2D eigenvalue weighted by Crippen LogP contribution is 2.31. The molecule has 4 aromatic rings. The summed E-state index contributed by atoms with van der Waals surface area (Å²) in [7, 11) is -15.4. The van der Waals surface area contributed by atoms with E-state index in [9.17, 15) is 33.7 Å². The molecule has 4 aromatic carbocycles. The predicted molar refractivity (Wildman–Crippen MR) is 325 cm³/mol. The molecule has 0 saturated heterocycles.